The average Bonchev–Trinajstić information content (AvgIpc) is 2.59. The first kappa shape index (κ1) is 17.7. The summed E-state index contributed by atoms with van der Waals surface area (Å²) < 4.78 is 0. The number of aromatic nitrogens is 1. The van der Waals surface area contributed by atoms with E-state index in [0.29, 0.717) is 17.7 Å². The first-order valence-electron chi connectivity index (χ1n) is 8.21. The molecule has 0 aliphatic rings. The van der Waals surface area contributed by atoms with E-state index < -0.39 is 0 Å². The molecule has 1 aromatic heterocycles. The van der Waals surface area contributed by atoms with Crippen LogP contribution in [0.3, 0.4) is 0 Å². The second kappa shape index (κ2) is 8.82. The molecule has 0 spiro atoms. The molecule has 0 atom stereocenters. The van der Waals surface area contributed by atoms with Crippen molar-refractivity contribution in [1.29, 1.82) is 0 Å². The molecule has 0 unspecified atom stereocenters. The van der Waals surface area contributed by atoms with Crippen LogP contribution in [0.2, 0.25) is 0 Å². The van der Waals surface area contributed by atoms with Crippen molar-refractivity contribution in [3.63, 3.8) is 0 Å². The quantitative estimate of drug-likeness (QED) is 0.569. The number of unbranched alkanes of at least 4 members (excludes halogenated alkanes) is 2. The van der Waals surface area contributed by atoms with Gasteiger partial charge in [-0.3, -0.25) is 14.6 Å². The van der Waals surface area contributed by atoms with E-state index in [2.05, 4.69) is 22.5 Å². The summed E-state index contributed by atoms with van der Waals surface area (Å²) in [5.41, 5.74) is 2.75. The van der Waals surface area contributed by atoms with E-state index in [1.807, 2.05) is 12.1 Å². The van der Waals surface area contributed by atoms with Gasteiger partial charge in [0, 0.05) is 24.0 Å². The van der Waals surface area contributed by atoms with Gasteiger partial charge in [-0.05, 0) is 43.7 Å². The molecule has 2 N–H and O–H groups in total. The van der Waals surface area contributed by atoms with Gasteiger partial charge < -0.3 is 10.6 Å². The maximum absolute atomic E-state index is 12.1. The molecule has 126 valence electrons. The zero-order valence-electron chi connectivity index (χ0n) is 14.1. The molecule has 0 fully saturated rings. The minimum absolute atomic E-state index is 0.0324. The summed E-state index contributed by atoms with van der Waals surface area (Å²) in [4.78, 5) is 27.5. The highest BCUT2D eigenvalue weighted by atomic mass is 16.1. The van der Waals surface area contributed by atoms with Crippen molar-refractivity contribution >= 4 is 23.1 Å². The predicted molar refractivity (Wildman–Crippen MR) is 95.8 cm³/mol. The Balaban J connectivity index is 1.99. The van der Waals surface area contributed by atoms with Crippen LogP contribution >= 0.6 is 0 Å². The minimum atomic E-state index is -0.116. The highest BCUT2D eigenvalue weighted by molar-refractivity contribution is 5.95. The molecular formula is C19H23N3O2. The van der Waals surface area contributed by atoms with Crippen LogP contribution in [0.1, 0.15) is 53.8 Å². The van der Waals surface area contributed by atoms with Gasteiger partial charge in [0.2, 0.25) is 0 Å². The Labute approximate surface area is 142 Å². The van der Waals surface area contributed by atoms with Gasteiger partial charge in [-0.1, -0.05) is 19.8 Å². The van der Waals surface area contributed by atoms with E-state index in [0.717, 1.165) is 30.6 Å². The Morgan fingerprint density at radius 3 is 2.42 bits per heavy atom. The van der Waals surface area contributed by atoms with E-state index in [9.17, 15) is 9.59 Å². The fraction of sp³-hybridized carbons (Fsp3) is 0.316. The number of pyridine rings is 1. The Morgan fingerprint density at radius 1 is 1.00 bits per heavy atom. The van der Waals surface area contributed by atoms with Gasteiger partial charge in [0.15, 0.2) is 5.78 Å². The summed E-state index contributed by atoms with van der Waals surface area (Å²) in [7, 11) is 0. The Kier molecular flexibility index (Phi) is 6.49. The summed E-state index contributed by atoms with van der Waals surface area (Å²) in [5, 5.41) is 6.09. The lowest BCUT2D eigenvalue weighted by Gasteiger charge is -2.09. The standard InChI is InChI=1S/C19H23N3O2/c1-3-4-5-10-21-19(24)16-11-18(13-20-12-16)22-17-8-6-15(7-9-17)14(2)23/h6-9,11-13,22H,3-5,10H2,1-2H3,(H,21,24). The topological polar surface area (TPSA) is 71.1 Å². The van der Waals surface area contributed by atoms with Crippen LogP contribution in [0.4, 0.5) is 11.4 Å². The number of ketones is 1. The van der Waals surface area contributed by atoms with Gasteiger partial charge in [0.25, 0.3) is 5.91 Å². The van der Waals surface area contributed by atoms with Gasteiger partial charge >= 0.3 is 0 Å². The first-order valence-corrected chi connectivity index (χ1v) is 8.21. The maximum atomic E-state index is 12.1. The summed E-state index contributed by atoms with van der Waals surface area (Å²) in [6, 6.07) is 8.95. The number of nitrogens with one attached hydrogen (secondary N) is 2. The molecular weight excluding hydrogens is 302 g/mol. The third-order valence-corrected chi connectivity index (χ3v) is 3.65. The van der Waals surface area contributed by atoms with Crippen LogP contribution in [0.25, 0.3) is 0 Å². The number of rotatable bonds is 8. The van der Waals surface area contributed by atoms with Crippen LogP contribution in [0.15, 0.2) is 42.7 Å². The van der Waals surface area contributed by atoms with Crippen LogP contribution in [-0.4, -0.2) is 23.2 Å². The smallest absolute Gasteiger partial charge is 0.252 e. The van der Waals surface area contributed by atoms with E-state index in [4.69, 9.17) is 0 Å². The van der Waals surface area contributed by atoms with Crippen molar-refractivity contribution in [2.75, 3.05) is 11.9 Å². The number of benzene rings is 1. The fourth-order valence-electron chi connectivity index (χ4n) is 2.27. The molecule has 0 aliphatic carbocycles. The second-order valence-corrected chi connectivity index (χ2v) is 5.68. The number of nitrogens with zero attached hydrogens (tertiary/aromatic N) is 1. The maximum Gasteiger partial charge on any atom is 0.252 e. The first-order chi connectivity index (χ1) is 11.6. The highest BCUT2D eigenvalue weighted by Gasteiger charge is 2.07. The molecule has 1 heterocycles. The zero-order chi connectivity index (χ0) is 17.4. The summed E-state index contributed by atoms with van der Waals surface area (Å²) in [6.45, 7) is 4.34. The number of amides is 1. The molecule has 5 nitrogen and oxygen atoms in total. The average molecular weight is 325 g/mol. The normalized spacial score (nSPS) is 10.2. The number of hydrogen-bond acceptors (Lipinski definition) is 4. The molecule has 0 bridgehead atoms. The molecule has 1 amide bonds. The number of Topliss-reactive ketones (excluding diaryl/α,β-unsaturated/α-hetero) is 1. The van der Waals surface area contributed by atoms with Crippen molar-refractivity contribution in [2.45, 2.75) is 33.1 Å². The van der Waals surface area contributed by atoms with Gasteiger partial charge in [-0.2, -0.15) is 0 Å². The predicted octanol–water partition coefficient (Wildman–Crippen LogP) is 3.95. The van der Waals surface area contributed by atoms with Crippen molar-refractivity contribution < 1.29 is 9.59 Å². The lowest BCUT2D eigenvalue weighted by Crippen LogP contribution is -2.24. The lowest BCUT2D eigenvalue weighted by molar-refractivity contribution is 0.0951. The molecule has 2 rings (SSSR count). The van der Waals surface area contributed by atoms with E-state index in [1.165, 1.54) is 6.92 Å². The van der Waals surface area contributed by atoms with Crippen LogP contribution in [0.5, 0.6) is 0 Å². The molecule has 0 saturated carbocycles. The Hall–Kier alpha value is -2.69. The van der Waals surface area contributed by atoms with Gasteiger partial charge in [0.05, 0.1) is 17.4 Å². The van der Waals surface area contributed by atoms with Gasteiger partial charge in [-0.15, -0.1) is 0 Å². The number of carbonyl (C=O) groups is 2. The zero-order valence-corrected chi connectivity index (χ0v) is 14.1. The SMILES string of the molecule is CCCCCNC(=O)c1cncc(Nc2ccc(C(C)=O)cc2)c1. The van der Waals surface area contributed by atoms with Gasteiger partial charge in [-0.25, -0.2) is 0 Å². The van der Waals surface area contributed by atoms with E-state index in [1.54, 1.807) is 30.6 Å². The van der Waals surface area contributed by atoms with E-state index >= 15 is 0 Å². The monoisotopic (exact) mass is 325 g/mol. The highest BCUT2D eigenvalue weighted by Crippen LogP contribution is 2.17. The summed E-state index contributed by atoms with van der Waals surface area (Å²) >= 11 is 0. The number of anilines is 2. The number of carbonyl (C=O) groups excluding carboxylic acids is 2. The molecule has 2 aromatic rings. The van der Waals surface area contributed by atoms with Crippen molar-refractivity contribution in [1.82, 2.24) is 10.3 Å². The lowest BCUT2D eigenvalue weighted by atomic mass is 10.1. The molecule has 1 aromatic carbocycles. The fourth-order valence-corrected chi connectivity index (χ4v) is 2.27. The van der Waals surface area contributed by atoms with Crippen LogP contribution in [0, 0.1) is 0 Å². The third-order valence-electron chi connectivity index (χ3n) is 3.65. The van der Waals surface area contributed by atoms with E-state index in [-0.39, 0.29) is 11.7 Å². The second-order valence-electron chi connectivity index (χ2n) is 5.68. The molecule has 0 radical (unpaired) electrons. The largest absolute Gasteiger partial charge is 0.354 e. The van der Waals surface area contributed by atoms with Gasteiger partial charge in [0.1, 0.15) is 0 Å². The van der Waals surface area contributed by atoms with Crippen molar-refractivity contribution in [3.8, 4) is 0 Å². The minimum Gasteiger partial charge on any atom is -0.354 e. The summed E-state index contributed by atoms with van der Waals surface area (Å²) in [5.74, 6) is -0.0841. The van der Waals surface area contributed by atoms with Crippen molar-refractivity contribution in [3.05, 3.63) is 53.9 Å². The van der Waals surface area contributed by atoms with Crippen LogP contribution < -0.4 is 10.6 Å². The third kappa shape index (κ3) is 5.19. The molecule has 0 aliphatic heterocycles. The summed E-state index contributed by atoms with van der Waals surface area (Å²) in [6.07, 6.45) is 6.43. The van der Waals surface area contributed by atoms with Crippen molar-refractivity contribution in [2.24, 2.45) is 0 Å². The molecule has 24 heavy (non-hydrogen) atoms. The Morgan fingerprint density at radius 2 is 1.75 bits per heavy atom. The molecule has 5 heteroatoms. The Bertz CT molecular complexity index is 696. The number of hydrogen-bond donors (Lipinski definition) is 2. The molecule has 0 saturated heterocycles. The van der Waals surface area contributed by atoms with Crippen LogP contribution in [-0.2, 0) is 0 Å².